The van der Waals surface area contributed by atoms with Crippen molar-refractivity contribution >= 4 is 5.97 Å². The van der Waals surface area contributed by atoms with Crippen molar-refractivity contribution in [3.8, 4) is 0 Å². The molecule has 1 aromatic rings. The summed E-state index contributed by atoms with van der Waals surface area (Å²) in [5.74, 6) is 0.342. The van der Waals surface area contributed by atoms with Gasteiger partial charge in [-0.15, -0.1) is 0 Å². The van der Waals surface area contributed by atoms with Crippen LogP contribution in [-0.2, 0) is 19.7 Å². The highest BCUT2D eigenvalue weighted by atomic mass is 16.5. The van der Waals surface area contributed by atoms with Crippen LogP contribution in [0.25, 0.3) is 0 Å². The van der Waals surface area contributed by atoms with E-state index in [1.165, 1.54) is 12.7 Å². The average molecular weight is 292 g/mol. The molecular weight excluding hydrogens is 264 g/mol. The lowest BCUT2D eigenvalue weighted by Crippen LogP contribution is -2.37. The predicted octanol–water partition coefficient (Wildman–Crippen LogP) is 3.96. The quantitative estimate of drug-likeness (QED) is 0.510. The van der Waals surface area contributed by atoms with Gasteiger partial charge in [-0.2, -0.15) is 0 Å². The fourth-order valence-electron chi connectivity index (χ4n) is 2.93. The van der Waals surface area contributed by atoms with Gasteiger partial charge in [-0.3, -0.25) is 4.79 Å². The van der Waals surface area contributed by atoms with Gasteiger partial charge in [0, 0.05) is 18.9 Å². The van der Waals surface area contributed by atoms with E-state index < -0.39 is 0 Å². The summed E-state index contributed by atoms with van der Waals surface area (Å²) in [6, 6.07) is 10.6. The summed E-state index contributed by atoms with van der Waals surface area (Å²) in [5.41, 5.74) is 1.33. The smallest absolute Gasteiger partial charge is 0.305 e. The van der Waals surface area contributed by atoms with Crippen LogP contribution >= 0.6 is 0 Å². The lowest BCUT2D eigenvalue weighted by Gasteiger charge is -2.38. The van der Waals surface area contributed by atoms with Crippen molar-refractivity contribution in [3.63, 3.8) is 0 Å². The molecule has 1 aromatic carbocycles. The van der Waals surface area contributed by atoms with Gasteiger partial charge >= 0.3 is 5.97 Å². The van der Waals surface area contributed by atoms with E-state index in [2.05, 4.69) is 38.1 Å². The molecule has 0 saturated carbocycles. The van der Waals surface area contributed by atoms with Gasteiger partial charge in [-0.1, -0.05) is 50.6 Å². The molecule has 0 heterocycles. The van der Waals surface area contributed by atoms with E-state index in [9.17, 15) is 4.79 Å². The maximum absolute atomic E-state index is 11.2. The molecule has 0 saturated heterocycles. The standard InChI is InChI=1S/C18H28O3/c1-15(2)18(14-20-3,16-10-6-5-7-11-16)13-9-8-12-17(19)21-4/h5-7,10-11,15H,8-9,12-14H2,1-4H3. The van der Waals surface area contributed by atoms with Gasteiger partial charge in [-0.05, 0) is 24.3 Å². The molecular formula is C18H28O3. The molecule has 0 aliphatic rings. The highest BCUT2D eigenvalue weighted by Crippen LogP contribution is 2.37. The zero-order chi connectivity index (χ0) is 15.7. The lowest BCUT2D eigenvalue weighted by molar-refractivity contribution is -0.140. The maximum Gasteiger partial charge on any atom is 0.305 e. The van der Waals surface area contributed by atoms with Crippen LogP contribution in [-0.4, -0.2) is 26.8 Å². The third-order valence-electron chi connectivity index (χ3n) is 4.34. The highest BCUT2D eigenvalue weighted by Gasteiger charge is 2.35. The first kappa shape index (κ1) is 17.7. The van der Waals surface area contributed by atoms with Gasteiger partial charge in [0.2, 0.25) is 0 Å². The summed E-state index contributed by atoms with van der Waals surface area (Å²) in [5, 5.41) is 0. The molecule has 1 unspecified atom stereocenters. The molecule has 0 bridgehead atoms. The molecule has 0 aromatic heterocycles. The molecule has 118 valence electrons. The van der Waals surface area contributed by atoms with E-state index in [1.807, 2.05) is 6.07 Å². The molecule has 0 fully saturated rings. The van der Waals surface area contributed by atoms with E-state index in [0.717, 1.165) is 19.3 Å². The van der Waals surface area contributed by atoms with Crippen molar-refractivity contribution < 1.29 is 14.3 Å². The number of carbonyl (C=O) groups excluding carboxylic acids is 1. The highest BCUT2D eigenvalue weighted by molar-refractivity contribution is 5.68. The Kier molecular flexibility index (Phi) is 7.44. The van der Waals surface area contributed by atoms with Gasteiger partial charge < -0.3 is 9.47 Å². The minimum atomic E-state index is -0.128. The zero-order valence-electron chi connectivity index (χ0n) is 13.7. The van der Waals surface area contributed by atoms with Crippen molar-refractivity contribution in [2.75, 3.05) is 20.8 Å². The van der Waals surface area contributed by atoms with E-state index in [1.54, 1.807) is 7.11 Å². The lowest BCUT2D eigenvalue weighted by atomic mass is 9.69. The summed E-state index contributed by atoms with van der Waals surface area (Å²) < 4.78 is 10.2. The van der Waals surface area contributed by atoms with Crippen LogP contribution in [0, 0.1) is 5.92 Å². The first-order valence-corrected chi connectivity index (χ1v) is 7.68. The van der Waals surface area contributed by atoms with Gasteiger partial charge in [-0.25, -0.2) is 0 Å². The molecule has 0 aliphatic carbocycles. The Labute approximate surface area is 128 Å². The van der Waals surface area contributed by atoms with Crippen molar-refractivity contribution in [3.05, 3.63) is 35.9 Å². The topological polar surface area (TPSA) is 35.5 Å². The summed E-state index contributed by atoms with van der Waals surface area (Å²) in [4.78, 5) is 11.2. The SMILES string of the molecule is COCC(CCCCC(=O)OC)(c1ccccc1)C(C)C. The normalized spacial score (nSPS) is 14.0. The first-order valence-electron chi connectivity index (χ1n) is 7.68. The van der Waals surface area contributed by atoms with Crippen molar-refractivity contribution in [2.24, 2.45) is 5.92 Å². The first-order chi connectivity index (χ1) is 10.1. The van der Waals surface area contributed by atoms with Crippen LogP contribution < -0.4 is 0 Å². The molecule has 0 aliphatic heterocycles. The number of unbranched alkanes of at least 4 members (excludes halogenated alkanes) is 1. The summed E-state index contributed by atoms with van der Waals surface area (Å²) in [7, 11) is 3.20. The second-order valence-electron chi connectivity index (χ2n) is 5.89. The van der Waals surface area contributed by atoms with Crippen molar-refractivity contribution in [2.45, 2.75) is 44.9 Å². The number of methoxy groups -OCH3 is 2. The Bertz CT molecular complexity index is 414. The van der Waals surface area contributed by atoms with E-state index >= 15 is 0 Å². The number of hydrogen-bond donors (Lipinski definition) is 0. The third kappa shape index (κ3) is 4.85. The molecule has 1 atom stereocenters. The zero-order valence-corrected chi connectivity index (χ0v) is 13.7. The maximum atomic E-state index is 11.2. The molecule has 0 amide bonds. The predicted molar refractivity (Wildman–Crippen MR) is 85.3 cm³/mol. The molecule has 0 spiro atoms. The number of ether oxygens (including phenoxy) is 2. The second-order valence-corrected chi connectivity index (χ2v) is 5.89. The fraction of sp³-hybridized carbons (Fsp3) is 0.611. The largest absolute Gasteiger partial charge is 0.469 e. The van der Waals surface area contributed by atoms with E-state index in [4.69, 9.17) is 9.47 Å². The monoisotopic (exact) mass is 292 g/mol. The molecule has 21 heavy (non-hydrogen) atoms. The van der Waals surface area contributed by atoms with Gasteiger partial charge in [0.25, 0.3) is 0 Å². The fourth-order valence-corrected chi connectivity index (χ4v) is 2.93. The van der Waals surface area contributed by atoms with Gasteiger partial charge in [0.05, 0.1) is 13.7 Å². The van der Waals surface area contributed by atoms with E-state index in [-0.39, 0.29) is 11.4 Å². The number of rotatable bonds is 9. The number of benzene rings is 1. The van der Waals surface area contributed by atoms with Crippen LogP contribution in [0.15, 0.2) is 30.3 Å². The van der Waals surface area contributed by atoms with Crippen LogP contribution in [0.4, 0.5) is 0 Å². The molecule has 1 rings (SSSR count). The van der Waals surface area contributed by atoms with E-state index in [0.29, 0.717) is 18.9 Å². The van der Waals surface area contributed by atoms with Gasteiger partial charge in [0.1, 0.15) is 0 Å². The molecule has 3 heteroatoms. The molecule has 3 nitrogen and oxygen atoms in total. The Morgan fingerprint density at radius 2 is 1.81 bits per heavy atom. The Morgan fingerprint density at radius 3 is 2.33 bits per heavy atom. The average Bonchev–Trinajstić information content (AvgIpc) is 2.50. The number of carbonyl (C=O) groups is 1. The third-order valence-corrected chi connectivity index (χ3v) is 4.34. The Hall–Kier alpha value is -1.35. The van der Waals surface area contributed by atoms with Crippen molar-refractivity contribution in [1.29, 1.82) is 0 Å². The number of esters is 1. The summed E-state index contributed by atoms with van der Waals surface area (Å²) >= 11 is 0. The molecule has 0 radical (unpaired) electrons. The van der Waals surface area contributed by atoms with Crippen molar-refractivity contribution in [1.82, 2.24) is 0 Å². The Morgan fingerprint density at radius 1 is 1.14 bits per heavy atom. The van der Waals surface area contributed by atoms with Crippen LogP contribution in [0.5, 0.6) is 0 Å². The minimum Gasteiger partial charge on any atom is -0.469 e. The minimum absolute atomic E-state index is 0.00608. The van der Waals surface area contributed by atoms with Crippen LogP contribution in [0.2, 0.25) is 0 Å². The summed E-state index contributed by atoms with van der Waals surface area (Å²) in [6.07, 6.45) is 3.36. The number of hydrogen-bond acceptors (Lipinski definition) is 3. The second kappa shape index (κ2) is 8.83. The van der Waals surface area contributed by atoms with Crippen LogP contribution in [0.3, 0.4) is 0 Å². The molecule has 0 N–H and O–H groups in total. The van der Waals surface area contributed by atoms with Gasteiger partial charge in [0.15, 0.2) is 0 Å². The Balaban J connectivity index is 2.79. The summed E-state index contributed by atoms with van der Waals surface area (Å²) in [6.45, 7) is 5.19. The van der Waals surface area contributed by atoms with Crippen LogP contribution in [0.1, 0.15) is 45.1 Å².